The number of aryl methyl sites for hydroxylation is 2. The van der Waals surface area contributed by atoms with E-state index in [1.54, 1.807) is 54.9 Å². The second kappa shape index (κ2) is 11.2. The summed E-state index contributed by atoms with van der Waals surface area (Å²) in [5.41, 5.74) is 2.83. The van der Waals surface area contributed by atoms with Gasteiger partial charge in [-0.15, -0.1) is 0 Å². The Kier molecular flexibility index (Phi) is 7.84. The van der Waals surface area contributed by atoms with E-state index in [0.29, 0.717) is 24.0 Å². The lowest BCUT2D eigenvalue weighted by Gasteiger charge is -2.13. The topological polar surface area (TPSA) is 126 Å². The number of unbranched alkanes of at least 4 members (excludes halogenated alkanes) is 1. The van der Waals surface area contributed by atoms with Gasteiger partial charge in [0.05, 0.1) is 16.5 Å². The molecule has 0 aliphatic rings. The predicted octanol–water partition coefficient (Wildman–Crippen LogP) is 4.99. The summed E-state index contributed by atoms with van der Waals surface area (Å²) in [5.74, 6) is -0.587. The molecule has 0 fully saturated rings. The first-order chi connectivity index (χ1) is 18.3. The highest BCUT2D eigenvalue weighted by atomic mass is 32.2. The number of nitrogens with zero attached hydrogens (tertiary/aromatic N) is 4. The summed E-state index contributed by atoms with van der Waals surface area (Å²) < 4.78 is 28.2. The Morgan fingerprint density at radius 2 is 1.89 bits per heavy atom. The fraction of sp³-hybridized carbons (Fsp3) is 0.172. The Hall–Kier alpha value is -4.55. The molecule has 0 aliphatic carbocycles. The van der Waals surface area contributed by atoms with Crippen molar-refractivity contribution < 1.29 is 13.5 Å². The van der Waals surface area contributed by atoms with Crippen molar-refractivity contribution in [1.82, 2.24) is 14.5 Å². The van der Waals surface area contributed by atoms with Crippen molar-refractivity contribution in [2.24, 2.45) is 0 Å². The fourth-order valence-corrected chi connectivity index (χ4v) is 5.39. The van der Waals surface area contributed by atoms with E-state index in [0.717, 1.165) is 27.7 Å². The zero-order valence-electron chi connectivity index (χ0n) is 21.0. The summed E-state index contributed by atoms with van der Waals surface area (Å²) in [5, 5.41) is 19.8. The lowest BCUT2D eigenvalue weighted by molar-refractivity contribution is 0.425. The Balaban J connectivity index is 1.80. The quantitative estimate of drug-likeness (QED) is 0.343. The van der Waals surface area contributed by atoms with Gasteiger partial charge in [0.25, 0.3) is 5.56 Å². The maximum atomic E-state index is 13.5. The van der Waals surface area contributed by atoms with E-state index >= 15 is 0 Å². The predicted molar refractivity (Wildman–Crippen MR) is 145 cm³/mol. The summed E-state index contributed by atoms with van der Waals surface area (Å²) in [6.45, 7) is 3.88. The van der Waals surface area contributed by atoms with Crippen molar-refractivity contribution in [1.29, 1.82) is 5.26 Å². The van der Waals surface area contributed by atoms with Crippen LogP contribution < -0.4 is 5.56 Å². The molecule has 0 saturated heterocycles. The van der Waals surface area contributed by atoms with E-state index in [9.17, 15) is 18.3 Å². The second-order valence-corrected chi connectivity index (χ2v) is 10.6. The molecule has 0 spiro atoms. The van der Waals surface area contributed by atoms with Crippen LogP contribution in [-0.4, -0.2) is 28.1 Å². The first-order valence-corrected chi connectivity index (χ1v) is 13.5. The van der Waals surface area contributed by atoms with Gasteiger partial charge >= 0.3 is 0 Å². The lowest BCUT2D eigenvalue weighted by Crippen LogP contribution is -2.27. The van der Waals surface area contributed by atoms with E-state index in [1.807, 2.05) is 19.9 Å². The molecule has 4 rings (SSSR count). The molecule has 4 aromatic rings. The number of aromatic hydroxyl groups is 1. The van der Waals surface area contributed by atoms with Gasteiger partial charge in [0.15, 0.2) is 4.90 Å². The molecule has 1 N–H and O–H groups in total. The molecule has 0 radical (unpaired) electrons. The van der Waals surface area contributed by atoms with Crippen LogP contribution in [0, 0.1) is 18.3 Å². The van der Waals surface area contributed by atoms with E-state index in [2.05, 4.69) is 16.0 Å². The average Bonchev–Trinajstić information content (AvgIpc) is 2.91. The molecule has 8 nitrogen and oxygen atoms in total. The summed E-state index contributed by atoms with van der Waals surface area (Å²) in [7, 11) is -4.40. The van der Waals surface area contributed by atoms with Gasteiger partial charge in [-0.25, -0.2) is 8.42 Å². The van der Waals surface area contributed by atoms with Crippen molar-refractivity contribution in [3.63, 3.8) is 0 Å². The lowest BCUT2D eigenvalue weighted by atomic mass is 10.0. The monoisotopic (exact) mass is 526 g/mol. The molecule has 0 unspecified atom stereocenters. The standard InChI is InChI=1S/C29H26N4O4S/c1-3-4-8-26-32-28(34)27(29(35)33(26)16-14-21-6-5-7-22(17-21)18-30)38(36,37)24-11-9-23(10-12-24)25-13-15-31-19-20(25)2/h5-7,9-17,19,34H,3-4,8H2,1-2H3. The van der Waals surface area contributed by atoms with Gasteiger partial charge in [0.2, 0.25) is 15.7 Å². The van der Waals surface area contributed by atoms with Crippen LogP contribution in [0.3, 0.4) is 0 Å². The number of hydrogen-bond acceptors (Lipinski definition) is 7. The van der Waals surface area contributed by atoms with Gasteiger partial charge in [-0.1, -0.05) is 37.6 Å². The molecule has 38 heavy (non-hydrogen) atoms. The van der Waals surface area contributed by atoms with Crippen LogP contribution in [0.5, 0.6) is 5.88 Å². The molecule has 0 bridgehead atoms. The van der Waals surface area contributed by atoms with Crippen LogP contribution in [0.4, 0.5) is 0 Å². The van der Waals surface area contributed by atoms with Gasteiger partial charge in [-0.2, -0.15) is 10.2 Å². The summed E-state index contributed by atoms with van der Waals surface area (Å²) in [6.07, 6.45) is 8.25. The van der Waals surface area contributed by atoms with Crippen LogP contribution in [0.15, 0.2) is 81.6 Å². The average molecular weight is 527 g/mol. The van der Waals surface area contributed by atoms with Crippen LogP contribution >= 0.6 is 0 Å². The van der Waals surface area contributed by atoms with Gasteiger partial charge in [0.1, 0.15) is 5.82 Å². The van der Waals surface area contributed by atoms with Gasteiger partial charge < -0.3 is 5.11 Å². The maximum absolute atomic E-state index is 13.5. The normalized spacial score (nSPS) is 11.5. The van der Waals surface area contributed by atoms with Crippen LogP contribution in [0.25, 0.3) is 23.4 Å². The van der Waals surface area contributed by atoms with Crippen molar-refractivity contribution in [2.75, 3.05) is 0 Å². The number of nitriles is 1. The first kappa shape index (κ1) is 26.5. The number of sulfone groups is 1. The minimum absolute atomic E-state index is 0.138. The Morgan fingerprint density at radius 1 is 1.13 bits per heavy atom. The van der Waals surface area contributed by atoms with E-state index < -0.39 is 26.2 Å². The van der Waals surface area contributed by atoms with Crippen LogP contribution in [0.2, 0.25) is 0 Å². The van der Waals surface area contributed by atoms with Gasteiger partial charge in [-0.05, 0) is 72.0 Å². The Labute approximate surface area is 221 Å². The highest BCUT2D eigenvalue weighted by molar-refractivity contribution is 7.91. The van der Waals surface area contributed by atoms with Crippen LogP contribution in [0.1, 0.15) is 42.3 Å². The van der Waals surface area contributed by atoms with E-state index in [1.165, 1.54) is 18.3 Å². The highest BCUT2D eigenvalue weighted by Crippen LogP contribution is 2.28. The molecule has 0 aliphatic heterocycles. The second-order valence-electron chi connectivity index (χ2n) is 8.73. The number of aromatic nitrogens is 3. The number of pyridine rings is 1. The van der Waals surface area contributed by atoms with Gasteiger partial charge in [0, 0.05) is 25.0 Å². The minimum Gasteiger partial charge on any atom is -0.492 e. The van der Waals surface area contributed by atoms with E-state index in [4.69, 9.17) is 5.26 Å². The van der Waals surface area contributed by atoms with Crippen molar-refractivity contribution >= 4 is 22.1 Å². The molecular formula is C29H26N4O4S. The number of benzene rings is 2. The molecule has 2 heterocycles. The fourth-order valence-electron chi connectivity index (χ4n) is 4.05. The maximum Gasteiger partial charge on any atom is 0.280 e. The van der Waals surface area contributed by atoms with Crippen molar-refractivity contribution in [3.8, 4) is 23.1 Å². The molecule has 0 saturated carbocycles. The molecule has 2 aromatic heterocycles. The SMILES string of the molecule is CCCCc1nc(O)c(S(=O)(=O)c2ccc(-c3ccncc3C)cc2)c(=O)n1C=Cc1cccc(C#N)c1. The third-order valence-corrected chi connectivity index (χ3v) is 7.87. The molecule has 9 heteroatoms. The summed E-state index contributed by atoms with van der Waals surface area (Å²) in [4.78, 5) is 20.8. The third-order valence-electron chi connectivity index (χ3n) is 6.08. The largest absolute Gasteiger partial charge is 0.492 e. The minimum atomic E-state index is -4.40. The highest BCUT2D eigenvalue weighted by Gasteiger charge is 2.29. The zero-order valence-corrected chi connectivity index (χ0v) is 21.8. The molecular weight excluding hydrogens is 500 g/mol. The summed E-state index contributed by atoms with van der Waals surface area (Å²) in [6, 6.07) is 16.8. The van der Waals surface area contributed by atoms with Crippen molar-refractivity contribution in [2.45, 2.75) is 42.9 Å². The molecule has 2 aromatic carbocycles. The first-order valence-electron chi connectivity index (χ1n) is 12.0. The zero-order chi connectivity index (χ0) is 27.3. The number of hydrogen-bond donors (Lipinski definition) is 1. The van der Waals surface area contributed by atoms with Crippen molar-refractivity contribution in [3.05, 3.63) is 99.9 Å². The Morgan fingerprint density at radius 3 is 2.58 bits per heavy atom. The smallest absolute Gasteiger partial charge is 0.280 e. The molecule has 0 amide bonds. The Bertz CT molecular complexity index is 1720. The number of rotatable bonds is 8. The van der Waals surface area contributed by atoms with Gasteiger partial charge in [-0.3, -0.25) is 14.3 Å². The molecule has 0 atom stereocenters. The third kappa shape index (κ3) is 5.41. The van der Waals surface area contributed by atoms with Crippen LogP contribution in [-0.2, 0) is 16.3 Å². The molecule has 192 valence electrons. The van der Waals surface area contributed by atoms with E-state index in [-0.39, 0.29) is 10.7 Å². The summed E-state index contributed by atoms with van der Waals surface area (Å²) >= 11 is 0.